The van der Waals surface area contributed by atoms with E-state index < -0.39 is 17.8 Å². The lowest BCUT2D eigenvalue weighted by Gasteiger charge is -2.33. The zero-order chi connectivity index (χ0) is 17.4. The lowest BCUT2D eigenvalue weighted by Crippen LogP contribution is -2.41. The molecule has 2 aliphatic rings. The molecule has 2 heterocycles. The van der Waals surface area contributed by atoms with Crippen molar-refractivity contribution in [3.8, 4) is 0 Å². The summed E-state index contributed by atoms with van der Waals surface area (Å²) in [5, 5.41) is 0.165. The molecule has 0 spiro atoms. The summed E-state index contributed by atoms with van der Waals surface area (Å²) >= 11 is 1.31. The van der Waals surface area contributed by atoms with Crippen molar-refractivity contribution in [3.63, 3.8) is 0 Å². The highest BCUT2D eigenvalue weighted by atomic mass is 32.2. The molecule has 1 aromatic carbocycles. The van der Waals surface area contributed by atoms with Crippen molar-refractivity contribution >= 4 is 28.8 Å². The van der Waals surface area contributed by atoms with E-state index >= 15 is 0 Å². The molecule has 0 saturated carbocycles. The van der Waals surface area contributed by atoms with Gasteiger partial charge in [-0.05, 0) is 26.8 Å². The Balaban J connectivity index is 2.18. The Morgan fingerprint density at radius 3 is 2.79 bits per heavy atom. The number of hydrogen-bond acceptors (Lipinski definition) is 5. The Morgan fingerprint density at radius 2 is 2.12 bits per heavy atom. The average molecular weight is 348 g/mol. The molecule has 1 amide bonds. The number of esters is 1. The molecule has 0 aliphatic carbocycles. The molecule has 3 rings (SSSR count). The summed E-state index contributed by atoms with van der Waals surface area (Å²) in [5.41, 5.74) is 0.909. The quantitative estimate of drug-likeness (QED) is 0.788. The predicted octanol–water partition coefficient (Wildman–Crippen LogP) is 3.04. The molecule has 2 aliphatic heterocycles. The molecule has 0 aromatic heterocycles. The smallest absolute Gasteiger partial charge is 0.338 e. The first-order chi connectivity index (χ1) is 11.5. The van der Waals surface area contributed by atoms with Gasteiger partial charge in [0.05, 0.1) is 23.1 Å². The van der Waals surface area contributed by atoms with Crippen molar-refractivity contribution in [1.29, 1.82) is 0 Å². The molecule has 0 radical (unpaired) electrons. The van der Waals surface area contributed by atoms with Crippen LogP contribution in [0, 0.1) is 5.82 Å². The maximum atomic E-state index is 14.4. The molecule has 7 heteroatoms. The second kappa shape index (κ2) is 6.39. The first kappa shape index (κ1) is 16.7. The molecule has 2 atom stereocenters. The van der Waals surface area contributed by atoms with Crippen LogP contribution in [0.15, 0.2) is 40.5 Å². The number of carbonyl (C=O) groups excluding carboxylic acids is 2. The Labute approximate surface area is 143 Å². The van der Waals surface area contributed by atoms with Crippen molar-refractivity contribution in [1.82, 2.24) is 4.90 Å². The number of ether oxygens (including phenoxy) is 1. The number of allylic oxidation sites excluding steroid dienone is 1. The third-order valence-electron chi connectivity index (χ3n) is 3.95. The summed E-state index contributed by atoms with van der Waals surface area (Å²) in [7, 11) is 0. The summed E-state index contributed by atoms with van der Waals surface area (Å²) < 4.78 is 19.6. The zero-order valence-electron chi connectivity index (χ0n) is 13.6. The maximum absolute atomic E-state index is 14.4. The minimum atomic E-state index is -0.859. The third-order valence-corrected chi connectivity index (χ3v) is 5.01. The Morgan fingerprint density at radius 1 is 1.42 bits per heavy atom. The maximum Gasteiger partial charge on any atom is 0.338 e. The van der Waals surface area contributed by atoms with Gasteiger partial charge < -0.3 is 4.74 Å². The van der Waals surface area contributed by atoms with E-state index in [-0.39, 0.29) is 28.9 Å². The second-order valence-corrected chi connectivity index (χ2v) is 6.81. The van der Waals surface area contributed by atoms with Crippen LogP contribution in [0.2, 0.25) is 0 Å². The first-order valence-electron chi connectivity index (χ1n) is 7.66. The predicted molar refractivity (Wildman–Crippen MR) is 89.8 cm³/mol. The largest absolute Gasteiger partial charge is 0.463 e. The van der Waals surface area contributed by atoms with E-state index in [9.17, 15) is 14.0 Å². The van der Waals surface area contributed by atoms with Gasteiger partial charge in [0.1, 0.15) is 11.9 Å². The number of carbonyl (C=O) groups is 2. The molecule has 1 saturated heterocycles. The van der Waals surface area contributed by atoms with Gasteiger partial charge in [0.2, 0.25) is 5.91 Å². The highest BCUT2D eigenvalue weighted by Crippen LogP contribution is 2.43. The molecular formula is C17H17FN2O3S. The van der Waals surface area contributed by atoms with Gasteiger partial charge in [-0.1, -0.05) is 30.0 Å². The Bertz CT molecular complexity index is 775. The van der Waals surface area contributed by atoms with Gasteiger partial charge in [-0.15, -0.1) is 0 Å². The molecule has 24 heavy (non-hydrogen) atoms. The topological polar surface area (TPSA) is 59.0 Å². The van der Waals surface area contributed by atoms with Crippen LogP contribution in [0.4, 0.5) is 4.39 Å². The number of benzene rings is 1. The van der Waals surface area contributed by atoms with Crippen molar-refractivity contribution < 1.29 is 18.7 Å². The Hall–Kier alpha value is -2.15. The second-order valence-electron chi connectivity index (χ2n) is 5.51. The monoisotopic (exact) mass is 348 g/mol. The summed E-state index contributed by atoms with van der Waals surface area (Å²) in [4.78, 5) is 30.8. The third kappa shape index (κ3) is 2.62. The number of fused-ring (bicyclic) bond motifs is 1. The van der Waals surface area contributed by atoms with Crippen LogP contribution in [-0.4, -0.2) is 33.8 Å². The van der Waals surface area contributed by atoms with Gasteiger partial charge in [0.15, 0.2) is 5.17 Å². The van der Waals surface area contributed by atoms with E-state index in [1.807, 2.05) is 0 Å². The van der Waals surface area contributed by atoms with Gasteiger partial charge in [-0.3, -0.25) is 9.69 Å². The van der Waals surface area contributed by atoms with Gasteiger partial charge in [0, 0.05) is 5.56 Å². The molecular weight excluding hydrogens is 331 g/mol. The standard InChI is InChI=1S/C17H17FN2O3S/c1-4-23-16(22)13-9(2)19-17-20(15(21)10(3)24-17)14(13)11-7-5-6-8-12(11)18/h5-8,10,14H,4H2,1-3H3/t10-,14+/m1/s1. The van der Waals surface area contributed by atoms with E-state index in [0.717, 1.165) is 0 Å². The van der Waals surface area contributed by atoms with E-state index in [1.54, 1.807) is 39.0 Å². The van der Waals surface area contributed by atoms with Gasteiger partial charge in [0.25, 0.3) is 0 Å². The number of aliphatic imine (C=N–C) groups is 1. The minimum absolute atomic E-state index is 0.190. The van der Waals surface area contributed by atoms with Crippen molar-refractivity contribution in [2.45, 2.75) is 32.1 Å². The zero-order valence-corrected chi connectivity index (χ0v) is 14.4. The summed E-state index contributed by atoms with van der Waals surface area (Å²) in [6, 6.07) is 5.29. The van der Waals surface area contributed by atoms with Crippen LogP contribution in [0.5, 0.6) is 0 Å². The van der Waals surface area contributed by atoms with Crippen LogP contribution in [0.25, 0.3) is 0 Å². The number of nitrogens with zero attached hydrogens (tertiary/aromatic N) is 2. The molecule has 1 fully saturated rings. The normalized spacial score (nSPS) is 23.2. The average Bonchev–Trinajstić information content (AvgIpc) is 2.81. The number of amidine groups is 1. The van der Waals surface area contributed by atoms with Crippen molar-refractivity contribution in [2.75, 3.05) is 6.61 Å². The summed E-state index contributed by atoms with van der Waals surface area (Å²) in [6.07, 6.45) is 0. The molecule has 0 unspecified atom stereocenters. The minimum Gasteiger partial charge on any atom is -0.463 e. The lowest BCUT2D eigenvalue weighted by atomic mass is 9.94. The van der Waals surface area contributed by atoms with Gasteiger partial charge in [-0.2, -0.15) is 0 Å². The van der Waals surface area contributed by atoms with E-state index in [0.29, 0.717) is 10.9 Å². The van der Waals surface area contributed by atoms with Crippen molar-refractivity contribution in [3.05, 3.63) is 46.9 Å². The first-order valence-corrected chi connectivity index (χ1v) is 8.54. The molecule has 126 valence electrons. The lowest BCUT2D eigenvalue weighted by molar-refractivity contribution is -0.139. The SMILES string of the molecule is CCOC(=O)C1=C(C)N=C2S[C@H](C)C(=O)N2[C@H]1c1ccccc1F. The van der Waals surface area contributed by atoms with Crippen LogP contribution in [0.1, 0.15) is 32.4 Å². The fourth-order valence-electron chi connectivity index (χ4n) is 2.86. The van der Waals surface area contributed by atoms with Crippen LogP contribution in [-0.2, 0) is 14.3 Å². The number of halogens is 1. The highest BCUT2D eigenvalue weighted by molar-refractivity contribution is 8.15. The molecule has 5 nitrogen and oxygen atoms in total. The van der Waals surface area contributed by atoms with Crippen LogP contribution < -0.4 is 0 Å². The van der Waals surface area contributed by atoms with Crippen LogP contribution in [0.3, 0.4) is 0 Å². The van der Waals surface area contributed by atoms with Gasteiger partial charge in [-0.25, -0.2) is 14.2 Å². The van der Waals surface area contributed by atoms with Gasteiger partial charge >= 0.3 is 5.97 Å². The molecule has 0 bridgehead atoms. The van der Waals surface area contributed by atoms with E-state index in [4.69, 9.17) is 4.74 Å². The summed E-state index contributed by atoms with van der Waals surface area (Å²) in [5.74, 6) is -1.25. The summed E-state index contributed by atoms with van der Waals surface area (Å²) in [6.45, 7) is 5.34. The number of rotatable bonds is 3. The van der Waals surface area contributed by atoms with E-state index in [2.05, 4.69) is 4.99 Å². The number of amides is 1. The van der Waals surface area contributed by atoms with E-state index in [1.165, 1.54) is 22.7 Å². The fraction of sp³-hybridized carbons (Fsp3) is 0.353. The molecule has 1 aromatic rings. The number of thioether (sulfide) groups is 1. The number of hydrogen-bond donors (Lipinski definition) is 0. The van der Waals surface area contributed by atoms with Crippen LogP contribution >= 0.6 is 11.8 Å². The highest BCUT2D eigenvalue weighted by Gasteiger charge is 2.46. The fourth-order valence-corrected chi connectivity index (χ4v) is 3.89. The van der Waals surface area contributed by atoms with Crippen molar-refractivity contribution in [2.24, 2.45) is 4.99 Å². The Kier molecular flexibility index (Phi) is 4.45. The molecule has 0 N–H and O–H groups in total.